The van der Waals surface area contributed by atoms with Crippen molar-refractivity contribution in [1.82, 2.24) is 10.2 Å². The van der Waals surface area contributed by atoms with Crippen molar-refractivity contribution in [2.45, 2.75) is 105 Å². The molecule has 8 rings (SSSR count). The molecule has 0 bridgehead atoms. The van der Waals surface area contributed by atoms with Crippen molar-refractivity contribution in [2.75, 3.05) is 5.32 Å². The molecule has 5 atom stereocenters. The van der Waals surface area contributed by atoms with Gasteiger partial charge >= 0.3 is 0 Å². The van der Waals surface area contributed by atoms with Gasteiger partial charge < -0.3 is 20.8 Å². The van der Waals surface area contributed by atoms with E-state index in [0.29, 0.717) is 60.4 Å². The molecule has 53 heavy (non-hydrogen) atoms. The quantitative estimate of drug-likeness (QED) is 0.152. The van der Waals surface area contributed by atoms with E-state index < -0.39 is 47.0 Å². The van der Waals surface area contributed by atoms with E-state index in [2.05, 4.69) is 15.5 Å². The number of hydrogen-bond acceptors (Lipinski definition) is 5. The number of anilines is 1. The van der Waals surface area contributed by atoms with Gasteiger partial charge in [0.25, 0.3) is 0 Å². The first-order chi connectivity index (χ1) is 25.7. The maximum absolute atomic E-state index is 16.9. The molecule has 0 radical (unpaired) electrons. The van der Waals surface area contributed by atoms with Gasteiger partial charge in [-0.15, -0.1) is 0 Å². The van der Waals surface area contributed by atoms with Crippen LogP contribution in [-0.4, -0.2) is 50.7 Å². The molecular formula is C43H44Cl2FN3O4. The van der Waals surface area contributed by atoms with Crippen molar-refractivity contribution >= 4 is 40.7 Å². The monoisotopic (exact) mass is 755 g/mol. The van der Waals surface area contributed by atoms with Crippen LogP contribution in [0.4, 0.5) is 10.1 Å². The number of halogens is 3. The van der Waals surface area contributed by atoms with Gasteiger partial charge in [0.2, 0.25) is 11.8 Å². The molecule has 3 fully saturated rings. The lowest BCUT2D eigenvalue weighted by Gasteiger charge is -2.53. The van der Waals surface area contributed by atoms with Gasteiger partial charge in [0.05, 0.1) is 29.3 Å². The minimum atomic E-state index is -1.49. The third-order valence-corrected chi connectivity index (χ3v) is 13.0. The number of likely N-dealkylation sites (tertiary alicyclic amines) is 1. The molecule has 2 heterocycles. The van der Waals surface area contributed by atoms with Crippen LogP contribution in [0.2, 0.25) is 10.0 Å². The van der Waals surface area contributed by atoms with E-state index in [4.69, 9.17) is 23.2 Å². The highest BCUT2D eigenvalue weighted by Crippen LogP contribution is 2.69. The van der Waals surface area contributed by atoms with E-state index in [1.165, 1.54) is 6.07 Å². The summed E-state index contributed by atoms with van der Waals surface area (Å²) in [6.07, 6.45) is 4.20. The average molecular weight is 757 g/mol. The van der Waals surface area contributed by atoms with E-state index in [-0.39, 0.29) is 28.4 Å². The molecule has 4 aromatic carbocycles. The molecule has 4 aliphatic rings. The number of rotatable bonds is 7. The first-order valence-electron chi connectivity index (χ1n) is 18.8. The predicted octanol–water partition coefficient (Wildman–Crippen LogP) is 8.39. The van der Waals surface area contributed by atoms with Crippen LogP contribution >= 0.6 is 23.2 Å². The second-order valence-corrected chi connectivity index (χ2v) is 16.1. The lowest BCUT2D eigenvalue weighted by atomic mass is 9.55. The lowest BCUT2D eigenvalue weighted by Crippen LogP contribution is -2.63. The second-order valence-electron chi connectivity index (χ2n) is 15.2. The third kappa shape index (κ3) is 5.89. The van der Waals surface area contributed by atoms with Crippen LogP contribution in [0, 0.1) is 5.82 Å². The average Bonchev–Trinajstić information content (AvgIpc) is 3.59. The Kier molecular flexibility index (Phi) is 9.87. The number of nitrogens with zero attached hydrogens (tertiary/aromatic N) is 1. The minimum absolute atomic E-state index is 0.104. The highest BCUT2D eigenvalue weighted by molar-refractivity contribution is 6.31. The van der Waals surface area contributed by atoms with Crippen LogP contribution in [-0.2, 0) is 15.0 Å². The fourth-order valence-corrected chi connectivity index (χ4v) is 10.7. The van der Waals surface area contributed by atoms with Crippen LogP contribution in [0.25, 0.3) is 0 Å². The normalized spacial score (nSPS) is 27.7. The summed E-state index contributed by atoms with van der Waals surface area (Å²) < 4.78 is 16.9. The number of aliphatic hydroxyl groups is 2. The Morgan fingerprint density at radius 1 is 0.868 bits per heavy atom. The van der Waals surface area contributed by atoms with E-state index in [1.807, 2.05) is 66.7 Å². The maximum atomic E-state index is 16.9. The molecule has 2 amide bonds. The van der Waals surface area contributed by atoms with Crippen molar-refractivity contribution < 1.29 is 24.2 Å². The fourth-order valence-electron chi connectivity index (χ4n) is 10.4. The number of fused-ring (bicyclic) bond motifs is 3. The van der Waals surface area contributed by atoms with Crippen LogP contribution < -0.4 is 10.6 Å². The second kappa shape index (κ2) is 14.5. The Balaban J connectivity index is 1.46. The van der Waals surface area contributed by atoms with Gasteiger partial charge in [-0.3, -0.25) is 14.5 Å². The van der Waals surface area contributed by atoms with Gasteiger partial charge in [0.1, 0.15) is 11.2 Å². The largest absolute Gasteiger partial charge is 0.393 e. The molecule has 1 unspecified atom stereocenters. The molecule has 2 aliphatic carbocycles. The molecular weight excluding hydrogens is 712 g/mol. The first-order valence-corrected chi connectivity index (χ1v) is 19.5. The summed E-state index contributed by atoms with van der Waals surface area (Å²) in [6.45, 7) is 0. The molecule has 0 aromatic heterocycles. The Labute approximate surface area is 319 Å². The minimum Gasteiger partial charge on any atom is -0.393 e. The van der Waals surface area contributed by atoms with Crippen molar-refractivity contribution in [3.63, 3.8) is 0 Å². The highest BCUT2D eigenvalue weighted by Gasteiger charge is 2.76. The number of hydrogen-bond donors (Lipinski definition) is 4. The van der Waals surface area contributed by atoms with Crippen LogP contribution in [0.15, 0.2) is 97.1 Å². The molecule has 276 valence electrons. The zero-order chi connectivity index (χ0) is 36.9. The number of carbonyl (C=O) groups is 2. The molecule has 4 N–H and O–H groups in total. The Bertz CT molecular complexity index is 1990. The van der Waals surface area contributed by atoms with Crippen LogP contribution in [0.5, 0.6) is 0 Å². The molecule has 2 aliphatic heterocycles. The Morgan fingerprint density at radius 2 is 1.53 bits per heavy atom. The van der Waals surface area contributed by atoms with E-state index >= 15 is 14.0 Å². The number of amides is 2. The van der Waals surface area contributed by atoms with Crippen LogP contribution in [0.1, 0.15) is 98.1 Å². The summed E-state index contributed by atoms with van der Waals surface area (Å²) >= 11 is 13.1. The summed E-state index contributed by atoms with van der Waals surface area (Å²) in [6, 6.07) is 27.0. The standard InChI is InChI=1S/C43H44Cl2FN3O4/c44-28-17-22-32-34(25-28)48-41(53)43(32)35(31-15-10-16-33(45)36(31)46)38(40(52)47-29-18-20-30(50)21-19-29)49(42(43)23-8-3-9-24-42)37(26-11-4-1-5-12-26)39(51)27-13-6-2-7-14-27/h1-2,4-7,10-17,22,25,29-30,35,37-39,50-51H,3,8-9,18-21,23-24H2,(H,47,52)(H,48,53)/t29?,30?,35-,37+,38+,39-,43?/m0/s1. The van der Waals surface area contributed by atoms with Gasteiger partial charge in [-0.25, -0.2) is 4.39 Å². The van der Waals surface area contributed by atoms with Crippen molar-refractivity contribution in [3.05, 3.63) is 135 Å². The summed E-state index contributed by atoms with van der Waals surface area (Å²) in [4.78, 5) is 33.0. The van der Waals surface area contributed by atoms with Gasteiger partial charge in [-0.05, 0) is 79.0 Å². The predicted molar refractivity (Wildman–Crippen MR) is 204 cm³/mol. The molecule has 10 heteroatoms. The van der Waals surface area contributed by atoms with Crippen LogP contribution in [0.3, 0.4) is 0 Å². The van der Waals surface area contributed by atoms with Gasteiger partial charge in [-0.2, -0.15) is 0 Å². The maximum Gasteiger partial charge on any atom is 0.238 e. The molecule has 1 saturated heterocycles. The number of nitrogens with one attached hydrogen (secondary N) is 2. The Morgan fingerprint density at radius 3 is 2.21 bits per heavy atom. The van der Waals surface area contributed by atoms with E-state index in [1.54, 1.807) is 24.3 Å². The van der Waals surface area contributed by atoms with E-state index in [0.717, 1.165) is 24.8 Å². The Hall–Kier alpha value is -3.79. The van der Waals surface area contributed by atoms with Gasteiger partial charge in [-0.1, -0.05) is 121 Å². The number of carbonyl (C=O) groups excluding carboxylic acids is 2. The van der Waals surface area contributed by atoms with Gasteiger partial charge in [0, 0.05) is 28.2 Å². The molecule has 7 nitrogen and oxygen atoms in total. The highest BCUT2D eigenvalue weighted by atomic mass is 35.5. The van der Waals surface area contributed by atoms with Crippen molar-refractivity contribution in [2.24, 2.45) is 0 Å². The smallest absolute Gasteiger partial charge is 0.238 e. The topological polar surface area (TPSA) is 102 Å². The summed E-state index contributed by atoms with van der Waals surface area (Å²) in [5.74, 6) is -2.43. The van der Waals surface area contributed by atoms with Gasteiger partial charge in [0.15, 0.2) is 0 Å². The SMILES string of the molecule is O=C(NC1CCC(O)CC1)[C@H]1[C@H](c2cccc(Cl)c2F)C2(C(=O)Nc3cc(Cl)ccc32)C2(CCCCC2)N1[C@H](c1ccccc1)[C@@H](O)c1ccccc1. The summed E-state index contributed by atoms with van der Waals surface area (Å²) in [5.41, 5.74) is 0.208. The first kappa shape index (κ1) is 36.2. The van der Waals surface area contributed by atoms with Crippen molar-refractivity contribution in [3.8, 4) is 0 Å². The molecule has 4 aromatic rings. The number of aliphatic hydroxyl groups excluding tert-OH is 2. The zero-order valence-corrected chi connectivity index (χ0v) is 30.9. The van der Waals surface area contributed by atoms with Crippen molar-refractivity contribution in [1.29, 1.82) is 0 Å². The zero-order valence-electron chi connectivity index (χ0n) is 29.4. The molecule has 2 spiro atoms. The summed E-state index contributed by atoms with van der Waals surface area (Å²) in [5, 5.41) is 29.9. The fraction of sp³-hybridized carbons (Fsp3) is 0.395. The third-order valence-electron chi connectivity index (χ3n) is 12.5. The summed E-state index contributed by atoms with van der Waals surface area (Å²) in [7, 11) is 0. The number of benzene rings is 4. The lowest BCUT2D eigenvalue weighted by molar-refractivity contribution is -0.135. The van der Waals surface area contributed by atoms with E-state index in [9.17, 15) is 10.2 Å². The molecule has 2 saturated carbocycles.